The van der Waals surface area contributed by atoms with Gasteiger partial charge in [0.25, 0.3) is 0 Å². The summed E-state index contributed by atoms with van der Waals surface area (Å²) in [5.74, 6) is 0.436. The standard InChI is InChI=1S/C14H16N4O/c1-2-11-9-16-18-14(11)17-13(19)7-6-10-4-3-5-12(15)8-10/h3-9H,2,15H2,1H3,(H2,16,17,18,19)/b7-6+. The van der Waals surface area contributed by atoms with E-state index in [1.165, 1.54) is 6.08 Å². The number of H-pyrrole nitrogens is 1. The van der Waals surface area contributed by atoms with Crippen LogP contribution in [0.4, 0.5) is 11.5 Å². The Hall–Kier alpha value is -2.56. The number of hydrogen-bond acceptors (Lipinski definition) is 3. The molecule has 0 radical (unpaired) electrons. The van der Waals surface area contributed by atoms with Crippen LogP contribution < -0.4 is 11.1 Å². The van der Waals surface area contributed by atoms with Crippen molar-refractivity contribution in [3.63, 3.8) is 0 Å². The van der Waals surface area contributed by atoms with Gasteiger partial charge in [0.15, 0.2) is 0 Å². The fourth-order valence-electron chi connectivity index (χ4n) is 1.69. The van der Waals surface area contributed by atoms with Crippen molar-refractivity contribution in [2.75, 3.05) is 11.1 Å². The van der Waals surface area contributed by atoms with Crippen molar-refractivity contribution in [2.45, 2.75) is 13.3 Å². The number of aromatic amines is 1. The molecule has 1 heterocycles. The molecule has 1 amide bonds. The number of aromatic nitrogens is 2. The molecule has 0 fully saturated rings. The summed E-state index contributed by atoms with van der Waals surface area (Å²) in [6.45, 7) is 2.00. The zero-order valence-electron chi connectivity index (χ0n) is 10.7. The molecule has 0 saturated heterocycles. The third-order valence-electron chi connectivity index (χ3n) is 2.68. The fraction of sp³-hybridized carbons (Fsp3) is 0.143. The predicted octanol–water partition coefficient (Wildman–Crippen LogP) is 2.21. The summed E-state index contributed by atoms with van der Waals surface area (Å²) >= 11 is 0. The van der Waals surface area contributed by atoms with Gasteiger partial charge in [0, 0.05) is 17.3 Å². The Morgan fingerprint density at radius 2 is 2.37 bits per heavy atom. The van der Waals surface area contributed by atoms with Crippen LogP contribution in [0.5, 0.6) is 0 Å². The molecule has 19 heavy (non-hydrogen) atoms. The van der Waals surface area contributed by atoms with Gasteiger partial charge in [0.2, 0.25) is 5.91 Å². The Balaban J connectivity index is 2.02. The molecule has 5 nitrogen and oxygen atoms in total. The summed E-state index contributed by atoms with van der Waals surface area (Å²) in [6.07, 6.45) is 5.70. The molecule has 1 aromatic carbocycles. The monoisotopic (exact) mass is 256 g/mol. The van der Waals surface area contributed by atoms with Gasteiger partial charge in [-0.2, -0.15) is 5.10 Å². The molecule has 5 heteroatoms. The van der Waals surface area contributed by atoms with Crippen molar-refractivity contribution in [1.82, 2.24) is 10.2 Å². The van der Waals surface area contributed by atoms with Gasteiger partial charge in [0.1, 0.15) is 5.82 Å². The van der Waals surface area contributed by atoms with Gasteiger partial charge in [0.05, 0.1) is 6.20 Å². The van der Waals surface area contributed by atoms with Gasteiger partial charge in [-0.3, -0.25) is 9.89 Å². The van der Waals surface area contributed by atoms with E-state index in [1.807, 2.05) is 19.1 Å². The molecule has 0 saturated carbocycles. The van der Waals surface area contributed by atoms with Crippen molar-refractivity contribution >= 4 is 23.5 Å². The Bertz CT molecular complexity index is 601. The number of nitrogens with two attached hydrogens (primary N) is 1. The first-order valence-corrected chi connectivity index (χ1v) is 6.06. The minimum Gasteiger partial charge on any atom is -0.399 e. The van der Waals surface area contributed by atoms with Crippen LogP contribution in [0.1, 0.15) is 18.1 Å². The highest BCUT2D eigenvalue weighted by Crippen LogP contribution is 2.12. The summed E-state index contributed by atoms with van der Waals surface area (Å²) in [5.41, 5.74) is 8.20. The molecule has 0 aliphatic heterocycles. The lowest BCUT2D eigenvalue weighted by Crippen LogP contribution is -2.09. The number of nitrogen functional groups attached to an aromatic ring is 1. The highest BCUT2D eigenvalue weighted by Gasteiger charge is 2.04. The first-order chi connectivity index (χ1) is 9.19. The van der Waals surface area contributed by atoms with Crippen LogP contribution in [0.25, 0.3) is 6.08 Å². The zero-order chi connectivity index (χ0) is 13.7. The summed E-state index contributed by atoms with van der Waals surface area (Å²) < 4.78 is 0. The van der Waals surface area contributed by atoms with E-state index in [1.54, 1.807) is 24.4 Å². The number of anilines is 2. The van der Waals surface area contributed by atoms with Crippen molar-refractivity contribution in [3.8, 4) is 0 Å². The first kappa shape index (κ1) is 12.9. The van der Waals surface area contributed by atoms with Crippen LogP contribution in [0, 0.1) is 0 Å². The van der Waals surface area contributed by atoms with Crippen molar-refractivity contribution in [2.24, 2.45) is 0 Å². The molecular formula is C14H16N4O. The molecule has 0 spiro atoms. The minimum atomic E-state index is -0.207. The molecule has 0 aliphatic rings. The van der Waals surface area contributed by atoms with Crippen molar-refractivity contribution < 1.29 is 4.79 Å². The number of carbonyl (C=O) groups excluding carboxylic acids is 1. The van der Waals surface area contributed by atoms with Gasteiger partial charge in [-0.05, 0) is 30.2 Å². The van der Waals surface area contributed by atoms with E-state index in [0.717, 1.165) is 17.5 Å². The molecule has 0 aliphatic carbocycles. The molecule has 98 valence electrons. The maximum atomic E-state index is 11.8. The summed E-state index contributed by atoms with van der Waals surface area (Å²) in [6, 6.07) is 7.33. The Morgan fingerprint density at radius 1 is 1.53 bits per heavy atom. The number of rotatable bonds is 4. The number of amides is 1. The van der Waals surface area contributed by atoms with E-state index in [-0.39, 0.29) is 5.91 Å². The number of nitrogens with zero attached hydrogens (tertiary/aromatic N) is 1. The molecule has 4 N–H and O–H groups in total. The number of hydrogen-bond donors (Lipinski definition) is 3. The van der Waals surface area contributed by atoms with Crippen LogP contribution in [0.2, 0.25) is 0 Å². The van der Waals surface area contributed by atoms with Gasteiger partial charge < -0.3 is 11.1 Å². The Morgan fingerprint density at radius 3 is 3.11 bits per heavy atom. The highest BCUT2D eigenvalue weighted by atomic mass is 16.1. The first-order valence-electron chi connectivity index (χ1n) is 6.06. The SMILES string of the molecule is CCc1cn[nH]c1NC(=O)/C=C/c1cccc(N)c1. The van der Waals surface area contributed by atoms with Gasteiger partial charge in [-0.25, -0.2) is 0 Å². The molecule has 0 unspecified atom stereocenters. The molecule has 0 atom stereocenters. The number of nitrogens with one attached hydrogen (secondary N) is 2. The molecule has 1 aromatic heterocycles. The molecule has 2 rings (SSSR count). The molecule has 0 bridgehead atoms. The Kier molecular flexibility index (Phi) is 3.97. The normalized spacial score (nSPS) is 10.8. The lowest BCUT2D eigenvalue weighted by molar-refractivity contribution is -0.111. The second-order valence-corrected chi connectivity index (χ2v) is 4.12. The third-order valence-corrected chi connectivity index (χ3v) is 2.68. The third kappa shape index (κ3) is 3.45. The Labute approximate surface area is 111 Å². The maximum Gasteiger partial charge on any atom is 0.249 e. The largest absolute Gasteiger partial charge is 0.399 e. The van der Waals surface area contributed by atoms with Crippen molar-refractivity contribution in [1.29, 1.82) is 0 Å². The average Bonchev–Trinajstić information content (AvgIpc) is 2.84. The van der Waals surface area contributed by atoms with Crippen LogP contribution in [0.3, 0.4) is 0 Å². The second-order valence-electron chi connectivity index (χ2n) is 4.12. The molecule has 2 aromatic rings. The van der Waals surface area contributed by atoms with E-state index in [0.29, 0.717) is 11.5 Å². The van der Waals surface area contributed by atoms with Gasteiger partial charge in [-0.15, -0.1) is 0 Å². The number of carbonyl (C=O) groups is 1. The van der Waals surface area contributed by atoms with Gasteiger partial charge >= 0.3 is 0 Å². The fourth-order valence-corrected chi connectivity index (χ4v) is 1.69. The highest BCUT2D eigenvalue weighted by molar-refractivity contribution is 6.01. The van der Waals surface area contributed by atoms with Crippen LogP contribution in [-0.2, 0) is 11.2 Å². The number of aryl methyl sites for hydroxylation is 1. The zero-order valence-corrected chi connectivity index (χ0v) is 10.7. The van der Waals surface area contributed by atoms with Crippen LogP contribution in [0.15, 0.2) is 36.5 Å². The van der Waals surface area contributed by atoms with E-state index in [9.17, 15) is 4.79 Å². The van der Waals surface area contributed by atoms with E-state index >= 15 is 0 Å². The number of benzene rings is 1. The smallest absolute Gasteiger partial charge is 0.249 e. The minimum absolute atomic E-state index is 0.207. The van der Waals surface area contributed by atoms with Gasteiger partial charge in [-0.1, -0.05) is 19.1 Å². The summed E-state index contributed by atoms with van der Waals surface area (Å²) in [4.78, 5) is 11.8. The molecular weight excluding hydrogens is 240 g/mol. The summed E-state index contributed by atoms with van der Waals surface area (Å²) in [5, 5.41) is 9.41. The summed E-state index contributed by atoms with van der Waals surface area (Å²) in [7, 11) is 0. The van der Waals surface area contributed by atoms with Crippen LogP contribution in [-0.4, -0.2) is 16.1 Å². The lowest BCUT2D eigenvalue weighted by atomic mass is 10.2. The average molecular weight is 256 g/mol. The van der Waals surface area contributed by atoms with Crippen molar-refractivity contribution in [3.05, 3.63) is 47.7 Å². The van der Waals surface area contributed by atoms with E-state index in [2.05, 4.69) is 15.5 Å². The van der Waals surface area contributed by atoms with Crippen LogP contribution >= 0.6 is 0 Å². The maximum absolute atomic E-state index is 11.8. The van der Waals surface area contributed by atoms with E-state index in [4.69, 9.17) is 5.73 Å². The predicted molar refractivity (Wildman–Crippen MR) is 76.5 cm³/mol. The van der Waals surface area contributed by atoms with E-state index < -0.39 is 0 Å². The quantitative estimate of drug-likeness (QED) is 0.579. The lowest BCUT2D eigenvalue weighted by Gasteiger charge is -2.01. The second kappa shape index (κ2) is 5.86. The topological polar surface area (TPSA) is 83.8 Å².